The Morgan fingerprint density at radius 2 is 1.49 bits per heavy atom. The molecule has 1 aromatic heterocycles. The van der Waals surface area contributed by atoms with Crippen molar-refractivity contribution < 1.29 is 0 Å². The molecule has 1 atom stereocenters. The van der Waals surface area contributed by atoms with Crippen LogP contribution in [0.25, 0.3) is 29.1 Å². The first-order chi connectivity index (χ1) is 24.9. The highest BCUT2D eigenvalue weighted by molar-refractivity contribution is 5.83. The summed E-state index contributed by atoms with van der Waals surface area (Å²) >= 11 is 0. The molecule has 0 amide bonds. The summed E-state index contributed by atoms with van der Waals surface area (Å²) in [5.41, 5.74) is 22.0. The number of nitrogen functional groups attached to an aromatic ring is 1. The minimum Gasteiger partial charge on any atom is -0.384 e. The molecule has 0 radical (unpaired) electrons. The van der Waals surface area contributed by atoms with E-state index in [9.17, 15) is 0 Å². The molecule has 3 heteroatoms. The Hall–Kier alpha value is -5.80. The number of hydrogen-bond donors (Lipinski definition) is 2. The van der Waals surface area contributed by atoms with Gasteiger partial charge in [0.2, 0.25) is 0 Å². The van der Waals surface area contributed by atoms with Crippen LogP contribution >= 0.6 is 0 Å². The van der Waals surface area contributed by atoms with E-state index in [1.54, 1.807) is 0 Å². The number of benzene rings is 4. The van der Waals surface area contributed by atoms with E-state index in [0.717, 1.165) is 70.7 Å². The number of fused-ring (bicyclic) bond motifs is 1. The largest absolute Gasteiger partial charge is 0.384 e. The molecule has 0 spiro atoms. The van der Waals surface area contributed by atoms with Crippen LogP contribution in [0.1, 0.15) is 77.7 Å². The maximum Gasteiger partial charge on any atom is 0.116 e. The third kappa shape index (κ3) is 8.00. The van der Waals surface area contributed by atoms with Crippen LogP contribution in [0.4, 0.5) is 5.82 Å². The lowest BCUT2D eigenvalue weighted by molar-refractivity contribution is 0.714. The van der Waals surface area contributed by atoms with Gasteiger partial charge in [0.15, 0.2) is 0 Å². The SMILES string of the molecule is C=C(NC(C(=C)C/C=C(\CCC(=C)c1ccccc1C)C1=Cc2c(/C=C\CC)c(N)n(-c3ccccc3)c2C1)c1ccccc1)c1ccccc1. The first-order valence-corrected chi connectivity index (χ1v) is 18.0. The zero-order chi connectivity index (χ0) is 35.7. The number of allylic oxidation sites excluding steroid dienone is 5. The van der Waals surface area contributed by atoms with Crippen molar-refractivity contribution in [2.45, 2.75) is 52.0 Å². The van der Waals surface area contributed by atoms with Crippen LogP contribution in [0.5, 0.6) is 0 Å². The summed E-state index contributed by atoms with van der Waals surface area (Å²) in [5.74, 6) is 0.786. The van der Waals surface area contributed by atoms with Crippen molar-refractivity contribution in [3.8, 4) is 5.69 Å². The van der Waals surface area contributed by atoms with Gasteiger partial charge in [-0.25, -0.2) is 0 Å². The van der Waals surface area contributed by atoms with Gasteiger partial charge < -0.3 is 11.1 Å². The molecule has 3 N–H and O–H groups in total. The van der Waals surface area contributed by atoms with E-state index >= 15 is 0 Å². The number of nitrogens with zero attached hydrogens (tertiary/aromatic N) is 1. The third-order valence-corrected chi connectivity index (χ3v) is 9.83. The third-order valence-electron chi connectivity index (χ3n) is 9.83. The fraction of sp³-hybridized carbons (Fsp3) is 0.167. The Morgan fingerprint density at radius 1 is 0.843 bits per heavy atom. The van der Waals surface area contributed by atoms with Crippen molar-refractivity contribution in [2.75, 3.05) is 5.73 Å². The Labute approximate surface area is 304 Å². The van der Waals surface area contributed by atoms with Crippen molar-refractivity contribution in [1.82, 2.24) is 9.88 Å². The smallest absolute Gasteiger partial charge is 0.116 e. The number of anilines is 1. The summed E-state index contributed by atoms with van der Waals surface area (Å²) in [7, 11) is 0. The first kappa shape index (κ1) is 35.0. The molecule has 256 valence electrons. The lowest BCUT2D eigenvalue weighted by atomic mass is 9.91. The number of aromatic nitrogens is 1. The normalized spacial score (nSPS) is 13.1. The predicted octanol–water partition coefficient (Wildman–Crippen LogP) is 12.1. The Bertz CT molecular complexity index is 2110. The average molecular weight is 668 g/mol. The molecule has 1 aliphatic rings. The Balaban J connectivity index is 1.35. The number of para-hydroxylation sites is 1. The van der Waals surface area contributed by atoms with Crippen LogP contribution in [0.3, 0.4) is 0 Å². The topological polar surface area (TPSA) is 43.0 Å². The fourth-order valence-electron chi connectivity index (χ4n) is 7.03. The van der Waals surface area contributed by atoms with Crippen LogP contribution < -0.4 is 11.1 Å². The van der Waals surface area contributed by atoms with Crippen LogP contribution in [0.15, 0.2) is 164 Å². The van der Waals surface area contributed by atoms with Crippen LogP contribution in [-0.2, 0) is 6.42 Å². The summed E-state index contributed by atoms with van der Waals surface area (Å²) in [6, 6.07) is 39.7. The van der Waals surface area contributed by atoms with Crippen molar-refractivity contribution in [3.05, 3.63) is 203 Å². The van der Waals surface area contributed by atoms with E-state index in [1.165, 1.54) is 33.5 Å². The molecule has 5 aromatic rings. The standard InChI is InChI=1S/C48H49N3/c1-6-7-26-44-45-32-41(33-46(45)51(48(44)49)42-24-15-10-16-25-42)39(30-28-35(3)43-27-18-17-19-34(43)2)31-29-36(4)47(40-22-13-9-14-23-40)50-37(5)38-20-11-8-12-21-38/h7-27,31-32,47,50H,3-6,28-30,33,49H2,1-2H3/b26-7-,39-31+. The Kier molecular flexibility index (Phi) is 11.2. The molecule has 6 rings (SSSR count). The van der Waals surface area contributed by atoms with Crippen molar-refractivity contribution >= 4 is 29.2 Å². The van der Waals surface area contributed by atoms with Gasteiger partial charge in [-0.2, -0.15) is 0 Å². The van der Waals surface area contributed by atoms with Crippen molar-refractivity contribution in [1.29, 1.82) is 0 Å². The first-order valence-electron chi connectivity index (χ1n) is 18.0. The maximum absolute atomic E-state index is 6.89. The van der Waals surface area contributed by atoms with Gasteiger partial charge in [0, 0.05) is 34.6 Å². The molecule has 0 fully saturated rings. The molecular formula is C48H49N3. The zero-order valence-corrected chi connectivity index (χ0v) is 30.0. The molecule has 1 aliphatic carbocycles. The van der Waals surface area contributed by atoms with E-state index in [-0.39, 0.29) is 6.04 Å². The molecule has 0 saturated carbocycles. The van der Waals surface area contributed by atoms with E-state index < -0.39 is 0 Å². The zero-order valence-electron chi connectivity index (χ0n) is 30.0. The quantitative estimate of drug-likeness (QED) is 0.109. The van der Waals surface area contributed by atoms with E-state index in [0.29, 0.717) is 6.42 Å². The van der Waals surface area contributed by atoms with Gasteiger partial charge in [0.25, 0.3) is 0 Å². The predicted molar refractivity (Wildman–Crippen MR) is 220 cm³/mol. The number of nitrogens with one attached hydrogen (secondary N) is 1. The van der Waals surface area contributed by atoms with Gasteiger partial charge in [0.1, 0.15) is 5.82 Å². The molecule has 3 nitrogen and oxygen atoms in total. The second-order valence-corrected chi connectivity index (χ2v) is 13.3. The molecule has 0 bridgehead atoms. The lowest BCUT2D eigenvalue weighted by Gasteiger charge is -2.24. The molecule has 0 saturated heterocycles. The van der Waals surface area contributed by atoms with Gasteiger partial charge in [-0.3, -0.25) is 4.57 Å². The van der Waals surface area contributed by atoms with Crippen molar-refractivity contribution in [3.63, 3.8) is 0 Å². The highest BCUT2D eigenvalue weighted by Crippen LogP contribution is 2.41. The van der Waals surface area contributed by atoms with Crippen molar-refractivity contribution in [2.24, 2.45) is 0 Å². The molecule has 4 aromatic carbocycles. The minimum absolute atomic E-state index is 0.0962. The Morgan fingerprint density at radius 3 is 2.18 bits per heavy atom. The molecule has 51 heavy (non-hydrogen) atoms. The summed E-state index contributed by atoms with van der Waals surface area (Å²) < 4.78 is 2.24. The van der Waals surface area contributed by atoms with E-state index in [1.807, 2.05) is 24.3 Å². The average Bonchev–Trinajstić information content (AvgIpc) is 3.69. The second-order valence-electron chi connectivity index (χ2n) is 13.3. The van der Waals surface area contributed by atoms with Crippen LogP contribution in [0.2, 0.25) is 0 Å². The van der Waals surface area contributed by atoms with Gasteiger partial charge in [-0.1, -0.05) is 148 Å². The van der Waals surface area contributed by atoms with Crippen LogP contribution in [0, 0.1) is 6.92 Å². The number of nitrogens with two attached hydrogens (primary N) is 1. The number of aryl methyl sites for hydroxylation is 1. The summed E-state index contributed by atoms with van der Waals surface area (Å²) in [4.78, 5) is 0. The van der Waals surface area contributed by atoms with Gasteiger partial charge >= 0.3 is 0 Å². The molecule has 1 heterocycles. The van der Waals surface area contributed by atoms with Gasteiger partial charge in [-0.05, 0) is 95.4 Å². The lowest BCUT2D eigenvalue weighted by Crippen LogP contribution is -2.21. The highest BCUT2D eigenvalue weighted by atomic mass is 15.1. The number of hydrogen-bond acceptors (Lipinski definition) is 2. The van der Waals surface area contributed by atoms with Gasteiger partial charge in [0.05, 0.1) is 6.04 Å². The van der Waals surface area contributed by atoms with Crippen LogP contribution in [-0.4, -0.2) is 4.57 Å². The highest BCUT2D eigenvalue weighted by Gasteiger charge is 2.27. The fourth-order valence-corrected chi connectivity index (χ4v) is 7.03. The maximum atomic E-state index is 6.89. The summed E-state index contributed by atoms with van der Waals surface area (Å²) in [5, 5.41) is 3.71. The number of rotatable bonds is 15. The molecular weight excluding hydrogens is 619 g/mol. The summed E-state index contributed by atoms with van der Waals surface area (Å²) in [6.45, 7) is 17.9. The molecule has 1 unspecified atom stereocenters. The summed E-state index contributed by atoms with van der Waals surface area (Å²) in [6.07, 6.45) is 13.3. The van der Waals surface area contributed by atoms with E-state index in [4.69, 9.17) is 5.73 Å². The van der Waals surface area contributed by atoms with Gasteiger partial charge in [-0.15, -0.1) is 0 Å². The second kappa shape index (κ2) is 16.3. The van der Waals surface area contributed by atoms with E-state index in [2.05, 4.69) is 159 Å². The minimum atomic E-state index is -0.0962. The monoisotopic (exact) mass is 667 g/mol. The molecule has 0 aliphatic heterocycles.